The largest absolute Gasteiger partial charge is 0.450 e. The van der Waals surface area contributed by atoms with Gasteiger partial charge in [-0.1, -0.05) is 19.1 Å². The lowest BCUT2D eigenvalue weighted by Gasteiger charge is -2.12. The number of carbonyl (C=O) groups is 1. The van der Waals surface area contributed by atoms with Crippen LogP contribution < -0.4 is 10.6 Å². The highest BCUT2D eigenvalue weighted by atomic mass is 16.3. The van der Waals surface area contributed by atoms with Crippen LogP contribution in [0, 0.1) is 20.8 Å². The molecular formula is C17H24N2O2. The number of furan rings is 1. The molecule has 0 unspecified atom stereocenters. The van der Waals surface area contributed by atoms with Crippen molar-refractivity contribution in [3.05, 3.63) is 34.6 Å². The van der Waals surface area contributed by atoms with E-state index in [4.69, 9.17) is 4.42 Å². The Morgan fingerprint density at radius 3 is 2.52 bits per heavy atom. The molecule has 114 valence electrons. The zero-order valence-corrected chi connectivity index (χ0v) is 13.5. The normalized spacial score (nSPS) is 12.6. The highest BCUT2D eigenvalue weighted by molar-refractivity contribution is 6.00. The Balaban J connectivity index is 2.26. The molecule has 21 heavy (non-hydrogen) atoms. The van der Waals surface area contributed by atoms with Crippen LogP contribution in [0.1, 0.15) is 41.1 Å². The molecule has 2 aromatic rings. The van der Waals surface area contributed by atoms with Gasteiger partial charge in [-0.2, -0.15) is 0 Å². The molecule has 1 aromatic carbocycles. The minimum atomic E-state index is -0.146. The van der Waals surface area contributed by atoms with Gasteiger partial charge < -0.3 is 15.1 Å². The van der Waals surface area contributed by atoms with E-state index in [2.05, 4.69) is 16.7 Å². The van der Waals surface area contributed by atoms with E-state index in [0.29, 0.717) is 12.3 Å². The molecule has 1 amide bonds. The van der Waals surface area contributed by atoms with Crippen molar-refractivity contribution in [3.8, 4) is 0 Å². The van der Waals surface area contributed by atoms with Gasteiger partial charge in [0.15, 0.2) is 5.76 Å². The molecular weight excluding hydrogens is 264 g/mol. The number of hydrogen-bond acceptors (Lipinski definition) is 3. The molecule has 0 saturated heterocycles. The number of benzene rings is 1. The summed E-state index contributed by atoms with van der Waals surface area (Å²) >= 11 is 0. The zero-order chi connectivity index (χ0) is 15.6. The van der Waals surface area contributed by atoms with Crippen molar-refractivity contribution in [2.75, 3.05) is 13.1 Å². The number of aryl methyl sites for hydroxylation is 3. The van der Waals surface area contributed by atoms with Gasteiger partial charge in [-0.3, -0.25) is 4.79 Å². The minimum Gasteiger partial charge on any atom is -0.450 e. The second-order valence-corrected chi connectivity index (χ2v) is 5.63. The van der Waals surface area contributed by atoms with Crippen molar-refractivity contribution in [2.45, 2.75) is 40.7 Å². The van der Waals surface area contributed by atoms with Gasteiger partial charge in [0.1, 0.15) is 5.58 Å². The van der Waals surface area contributed by atoms with Gasteiger partial charge in [-0.05, 0) is 45.4 Å². The van der Waals surface area contributed by atoms with Crippen molar-refractivity contribution >= 4 is 16.9 Å². The smallest absolute Gasteiger partial charge is 0.287 e. The highest BCUT2D eigenvalue weighted by Crippen LogP contribution is 2.30. The number of amides is 1. The number of fused-ring (bicyclic) bond motifs is 1. The van der Waals surface area contributed by atoms with E-state index in [0.717, 1.165) is 34.2 Å². The molecule has 1 atom stereocenters. The maximum Gasteiger partial charge on any atom is 0.287 e. The highest BCUT2D eigenvalue weighted by Gasteiger charge is 2.20. The number of rotatable bonds is 5. The monoisotopic (exact) mass is 288 g/mol. The predicted octanol–water partition coefficient (Wildman–Crippen LogP) is 3.09. The van der Waals surface area contributed by atoms with E-state index >= 15 is 0 Å². The van der Waals surface area contributed by atoms with Crippen LogP contribution in [-0.4, -0.2) is 25.0 Å². The number of hydrogen-bond donors (Lipinski definition) is 2. The molecule has 1 heterocycles. The Bertz CT molecular complexity index is 658. The van der Waals surface area contributed by atoms with Crippen LogP contribution in [0.2, 0.25) is 0 Å². The molecule has 2 N–H and O–H groups in total. The Morgan fingerprint density at radius 2 is 1.90 bits per heavy atom. The Kier molecular flexibility index (Phi) is 4.68. The molecule has 0 aliphatic heterocycles. The Labute approximate surface area is 125 Å². The van der Waals surface area contributed by atoms with Crippen molar-refractivity contribution in [2.24, 2.45) is 0 Å². The van der Waals surface area contributed by atoms with E-state index in [9.17, 15) is 4.79 Å². The van der Waals surface area contributed by atoms with Crippen molar-refractivity contribution in [1.29, 1.82) is 0 Å². The maximum absolute atomic E-state index is 12.3. The van der Waals surface area contributed by atoms with Crippen LogP contribution in [0.3, 0.4) is 0 Å². The number of nitrogens with one attached hydrogen (secondary N) is 2. The van der Waals surface area contributed by atoms with Gasteiger partial charge in [-0.15, -0.1) is 0 Å². The lowest BCUT2D eigenvalue weighted by atomic mass is 10.0. The van der Waals surface area contributed by atoms with Crippen molar-refractivity contribution in [1.82, 2.24) is 10.6 Å². The molecule has 0 saturated carbocycles. The SMILES string of the molecule is CCN[C@H](C)CNC(=O)c1oc2c(C)ccc(C)c2c1C. The van der Waals surface area contributed by atoms with E-state index in [1.54, 1.807) is 0 Å². The van der Waals surface area contributed by atoms with Crippen LogP contribution in [0.15, 0.2) is 16.5 Å². The molecule has 0 radical (unpaired) electrons. The van der Waals surface area contributed by atoms with Crippen LogP contribution in [0.4, 0.5) is 0 Å². The average Bonchev–Trinajstić information content (AvgIpc) is 2.80. The summed E-state index contributed by atoms with van der Waals surface area (Å²) in [6, 6.07) is 4.33. The van der Waals surface area contributed by atoms with E-state index in [1.165, 1.54) is 0 Å². The Hall–Kier alpha value is -1.81. The van der Waals surface area contributed by atoms with E-state index in [1.807, 2.05) is 40.7 Å². The molecule has 0 aliphatic carbocycles. The molecule has 0 aliphatic rings. The third-order valence-electron chi connectivity index (χ3n) is 3.81. The first-order chi connectivity index (χ1) is 9.95. The first kappa shape index (κ1) is 15.6. The van der Waals surface area contributed by atoms with Gasteiger partial charge in [0.05, 0.1) is 0 Å². The quantitative estimate of drug-likeness (QED) is 0.889. The van der Waals surface area contributed by atoms with Gasteiger partial charge >= 0.3 is 0 Å². The van der Waals surface area contributed by atoms with Crippen LogP contribution >= 0.6 is 0 Å². The maximum atomic E-state index is 12.3. The first-order valence-corrected chi connectivity index (χ1v) is 7.46. The molecule has 0 spiro atoms. The van der Waals surface area contributed by atoms with E-state index in [-0.39, 0.29) is 11.9 Å². The third-order valence-corrected chi connectivity index (χ3v) is 3.81. The topological polar surface area (TPSA) is 54.3 Å². The summed E-state index contributed by atoms with van der Waals surface area (Å²) in [6.07, 6.45) is 0. The van der Waals surface area contributed by atoms with Crippen LogP contribution in [0.25, 0.3) is 11.0 Å². The third kappa shape index (κ3) is 3.10. The Morgan fingerprint density at radius 1 is 1.24 bits per heavy atom. The summed E-state index contributed by atoms with van der Waals surface area (Å²) in [4.78, 5) is 12.3. The molecule has 0 bridgehead atoms. The second-order valence-electron chi connectivity index (χ2n) is 5.63. The number of carbonyl (C=O) groups excluding carboxylic acids is 1. The average molecular weight is 288 g/mol. The molecule has 1 aromatic heterocycles. The summed E-state index contributed by atoms with van der Waals surface area (Å²) in [7, 11) is 0. The molecule has 4 heteroatoms. The van der Waals surface area contributed by atoms with Gasteiger partial charge in [-0.25, -0.2) is 0 Å². The fraction of sp³-hybridized carbons (Fsp3) is 0.471. The fourth-order valence-electron chi connectivity index (χ4n) is 2.64. The van der Waals surface area contributed by atoms with E-state index < -0.39 is 0 Å². The molecule has 2 rings (SSSR count). The first-order valence-electron chi connectivity index (χ1n) is 7.46. The fourth-order valence-corrected chi connectivity index (χ4v) is 2.64. The molecule has 0 fully saturated rings. The van der Waals surface area contributed by atoms with Crippen molar-refractivity contribution < 1.29 is 9.21 Å². The summed E-state index contributed by atoms with van der Waals surface area (Å²) in [5, 5.41) is 7.25. The van der Waals surface area contributed by atoms with Crippen LogP contribution in [0.5, 0.6) is 0 Å². The summed E-state index contributed by atoms with van der Waals surface area (Å²) in [5.41, 5.74) is 3.92. The standard InChI is InChI=1S/C17H24N2O2/c1-6-18-12(4)9-19-17(20)16-13(5)14-10(2)7-8-11(3)15(14)21-16/h7-8,12,18H,6,9H2,1-5H3,(H,19,20)/t12-/m1/s1. The summed E-state index contributed by atoms with van der Waals surface area (Å²) in [6.45, 7) is 11.6. The minimum absolute atomic E-state index is 0.146. The summed E-state index contributed by atoms with van der Waals surface area (Å²) < 4.78 is 5.83. The molecule has 4 nitrogen and oxygen atoms in total. The summed E-state index contributed by atoms with van der Waals surface area (Å²) in [5.74, 6) is 0.276. The second kappa shape index (κ2) is 6.31. The zero-order valence-electron chi connectivity index (χ0n) is 13.5. The van der Waals surface area contributed by atoms with Crippen molar-refractivity contribution in [3.63, 3.8) is 0 Å². The van der Waals surface area contributed by atoms with Crippen LogP contribution in [-0.2, 0) is 0 Å². The van der Waals surface area contributed by atoms with Gasteiger partial charge in [0.2, 0.25) is 0 Å². The predicted molar refractivity (Wildman–Crippen MR) is 85.9 cm³/mol. The van der Waals surface area contributed by atoms with Gasteiger partial charge in [0.25, 0.3) is 5.91 Å². The lowest BCUT2D eigenvalue weighted by molar-refractivity contribution is 0.0924. The lowest BCUT2D eigenvalue weighted by Crippen LogP contribution is -2.38. The van der Waals surface area contributed by atoms with Gasteiger partial charge in [0, 0.05) is 23.5 Å². The number of likely N-dealkylation sites (N-methyl/N-ethyl adjacent to an activating group) is 1.